The Bertz CT molecular complexity index is 1200. The van der Waals surface area contributed by atoms with Crippen LogP contribution in [0, 0.1) is 6.92 Å². The van der Waals surface area contributed by atoms with E-state index < -0.39 is 11.9 Å². The van der Waals surface area contributed by atoms with Gasteiger partial charge in [-0.15, -0.1) is 0 Å². The second kappa shape index (κ2) is 8.47. The maximum Gasteiger partial charge on any atom is 0.329 e. The highest BCUT2D eigenvalue weighted by atomic mass is 16.2. The summed E-state index contributed by atoms with van der Waals surface area (Å²) >= 11 is 0. The van der Waals surface area contributed by atoms with Crippen LogP contribution >= 0.6 is 0 Å². The lowest BCUT2D eigenvalue weighted by molar-refractivity contribution is -0.123. The first-order valence-corrected chi connectivity index (χ1v) is 10.2. The number of carbonyl (C=O) groups is 2. The van der Waals surface area contributed by atoms with Crippen molar-refractivity contribution >= 4 is 18.0 Å². The van der Waals surface area contributed by atoms with Gasteiger partial charge in [-0.1, -0.05) is 67.1 Å². The molecule has 4 rings (SSSR count). The van der Waals surface area contributed by atoms with Gasteiger partial charge < -0.3 is 5.32 Å². The van der Waals surface area contributed by atoms with Gasteiger partial charge in [0.2, 0.25) is 0 Å². The Hall–Kier alpha value is -3.87. The minimum Gasteiger partial charge on any atom is -0.303 e. The van der Waals surface area contributed by atoms with Crippen LogP contribution in [0.1, 0.15) is 34.9 Å². The molecule has 3 amide bonds. The average Bonchev–Trinajstić information content (AvgIpc) is 3.21. The standard InChI is InChI=1S/C24H24N4O3/c1-3-20-19(22(29)28(26-20)15-17-7-5-4-6-8-17)13-21-23(30)27(24(31)25-21)14-18-11-9-16(2)10-12-18/h4-13,26H,3,14-15H2,1-2H3,(H,25,31)/b21-13-. The van der Waals surface area contributed by atoms with E-state index in [0.717, 1.165) is 21.6 Å². The molecular formula is C24H24N4O3. The number of nitrogens with zero attached hydrogens (tertiary/aromatic N) is 2. The number of aryl methyl sites for hydroxylation is 2. The lowest BCUT2D eigenvalue weighted by Gasteiger charge is -2.11. The number of amides is 3. The van der Waals surface area contributed by atoms with Gasteiger partial charge in [0.1, 0.15) is 5.70 Å². The molecule has 2 heterocycles. The van der Waals surface area contributed by atoms with E-state index >= 15 is 0 Å². The van der Waals surface area contributed by atoms with Crippen LogP contribution in [0.5, 0.6) is 0 Å². The SMILES string of the molecule is CCc1[nH]n(Cc2ccccc2)c(=O)c1/C=C1\NC(=O)N(Cc2ccc(C)cc2)C1=O. The molecule has 0 aliphatic carbocycles. The number of benzene rings is 2. The fourth-order valence-corrected chi connectivity index (χ4v) is 3.58. The number of imide groups is 1. The molecular weight excluding hydrogens is 392 g/mol. The van der Waals surface area contributed by atoms with Gasteiger partial charge in [-0.3, -0.25) is 19.6 Å². The van der Waals surface area contributed by atoms with E-state index in [4.69, 9.17) is 0 Å². The molecule has 31 heavy (non-hydrogen) atoms. The maximum absolute atomic E-state index is 13.0. The van der Waals surface area contributed by atoms with E-state index in [1.165, 1.54) is 10.8 Å². The number of urea groups is 1. The maximum atomic E-state index is 13.0. The lowest BCUT2D eigenvalue weighted by Crippen LogP contribution is -2.30. The summed E-state index contributed by atoms with van der Waals surface area (Å²) in [7, 11) is 0. The van der Waals surface area contributed by atoms with Gasteiger partial charge >= 0.3 is 6.03 Å². The molecule has 0 saturated carbocycles. The molecule has 1 aliphatic heterocycles. The van der Waals surface area contributed by atoms with E-state index in [2.05, 4.69) is 10.4 Å². The summed E-state index contributed by atoms with van der Waals surface area (Å²) in [6.07, 6.45) is 2.07. The quantitative estimate of drug-likeness (QED) is 0.478. The predicted octanol–water partition coefficient (Wildman–Crippen LogP) is 3.19. The molecule has 1 saturated heterocycles. The number of rotatable bonds is 6. The molecule has 3 aromatic rings. The number of aromatic nitrogens is 2. The summed E-state index contributed by atoms with van der Waals surface area (Å²) in [5.41, 5.74) is 3.93. The Kier molecular flexibility index (Phi) is 5.58. The van der Waals surface area contributed by atoms with Crippen molar-refractivity contribution in [2.24, 2.45) is 0 Å². The van der Waals surface area contributed by atoms with Crippen molar-refractivity contribution in [2.45, 2.75) is 33.4 Å². The van der Waals surface area contributed by atoms with Gasteiger partial charge in [0.15, 0.2) is 0 Å². The molecule has 0 radical (unpaired) electrons. The zero-order valence-corrected chi connectivity index (χ0v) is 17.5. The molecule has 0 atom stereocenters. The van der Waals surface area contributed by atoms with Crippen LogP contribution < -0.4 is 10.9 Å². The Balaban J connectivity index is 1.60. The summed E-state index contributed by atoms with van der Waals surface area (Å²) in [4.78, 5) is 39.4. The molecule has 158 valence electrons. The summed E-state index contributed by atoms with van der Waals surface area (Å²) in [6, 6.07) is 16.8. The first kappa shape index (κ1) is 20.4. The van der Waals surface area contributed by atoms with Crippen LogP contribution in [0.25, 0.3) is 6.08 Å². The zero-order chi connectivity index (χ0) is 22.0. The van der Waals surface area contributed by atoms with E-state index in [-0.39, 0.29) is 17.8 Å². The molecule has 0 bridgehead atoms. The number of hydrogen-bond acceptors (Lipinski definition) is 3. The molecule has 7 heteroatoms. The third kappa shape index (κ3) is 4.21. The molecule has 2 N–H and O–H groups in total. The Morgan fingerprint density at radius 3 is 2.26 bits per heavy atom. The summed E-state index contributed by atoms with van der Waals surface area (Å²) in [5.74, 6) is -0.442. The Morgan fingerprint density at radius 1 is 0.903 bits per heavy atom. The van der Waals surface area contributed by atoms with Gasteiger partial charge in [-0.2, -0.15) is 0 Å². The van der Waals surface area contributed by atoms with E-state index in [1.54, 1.807) is 0 Å². The second-order valence-corrected chi connectivity index (χ2v) is 7.60. The summed E-state index contributed by atoms with van der Waals surface area (Å²) in [5, 5.41) is 5.73. The first-order chi connectivity index (χ1) is 15.0. The van der Waals surface area contributed by atoms with Crippen molar-refractivity contribution < 1.29 is 9.59 Å². The predicted molar refractivity (Wildman–Crippen MR) is 118 cm³/mol. The van der Waals surface area contributed by atoms with Gasteiger partial charge in [-0.05, 0) is 30.5 Å². The monoisotopic (exact) mass is 416 g/mol. The minimum absolute atomic E-state index is 0.106. The number of aromatic amines is 1. The highest BCUT2D eigenvalue weighted by molar-refractivity contribution is 6.13. The van der Waals surface area contributed by atoms with Gasteiger partial charge in [0, 0.05) is 5.69 Å². The first-order valence-electron chi connectivity index (χ1n) is 10.2. The van der Waals surface area contributed by atoms with Crippen molar-refractivity contribution in [1.29, 1.82) is 0 Å². The topological polar surface area (TPSA) is 87.2 Å². The molecule has 1 aliphatic rings. The van der Waals surface area contributed by atoms with Crippen LogP contribution in [-0.4, -0.2) is 26.6 Å². The van der Waals surface area contributed by atoms with Crippen molar-refractivity contribution in [2.75, 3.05) is 0 Å². The molecule has 7 nitrogen and oxygen atoms in total. The normalized spacial score (nSPS) is 15.0. The number of hydrogen-bond donors (Lipinski definition) is 2. The average molecular weight is 416 g/mol. The smallest absolute Gasteiger partial charge is 0.303 e. The Labute approximate surface area is 180 Å². The van der Waals surface area contributed by atoms with Crippen LogP contribution in [0.15, 0.2) is 65.1 Å². The van der Waals surface area contributed by atoms with Gasteiger partial charge in [0.25, 0.3) is 11.5 Å². The molecule has 0 unspecified atom stereocenters. The molecule has 0 spiro atoms. The molecule has 1 aromatic heterocycles. The van der Waals surface area contributed by atoms with Gasteiger partial charge in [0.05, 0.1) is 18.7 Å². The van der Waals surface area contributed by atoms with Crippen molar-refractivity contribution in [1.82, 2.24) is 20.0 Å². The fraction of sp³-hybridized carbons (Fsp3) is 0.208. The second-order valence-electron chi connectivity index (χ2n) is 7.60. The van der Waals surface area contributed by atoms with Crippen LogP contribution in [-0.2, 0) is 24.3 Å². The van der Waals surface area contributed by atoms with Crippen LogP contribution in [0.2, 0.25) is 0 Å². The van der Waals surface area contributed by atoms with Crippen molar-refractivity contribution in [3.8, 4) is 0 Å². The largest absolute Gasteiger partial charge is 0.329 e. The number of H-pyrrole nitrogens is 1. The fourth-order valence-electron chi connectivity index (χ4n) is 3.58. The van der Waals surface area contributed by atoms with E-state index in [0.29, 0.717) is 24.2 Å². The zero-order valence-electron chi connectivity index (χ0n) is 17.5. The summed E-state index contributed by atoms with van der Waals surface area (Å²) in [6.45, 7) is 4.48. The minimum atomic E-state index is -0.491. The van der Waals surface area contributed by atoms with Crippen molar-refractivity contribution in [3.05, 3.63) is 98.6 Å². The van der Waals surface area contributed by atoms with Crippen LogP contribution in [0.4, 0.5) is 4.79 Å². The third-order valence-corrected chi connectivity index (χ3v) is 5.32. The van der Waals surface area contributed by atoms with Gasteiger partial charge in [-0.25, -0.2) is 9.48 Å². The number of carbonyl (C=O) groups excluding carboxylic acids is 2. The van der Waals surface area contributed by atoms with Crippen LogP contribution in [0.3, 0.4) is 0 Å². The molecule has 1 fully saturated rings. The lowest BCUT2D eigenvalue weighted by atomic mass is 10.1. The highest BCUT2D eigenvalue weighted by Crippen LogP contribution is 2.18. The third-order valence-electron chi connectivity index (χ3n) is 5.32. The summed E-state index contributed by atoms with van der Waals surface area (Å²) < 4.78 is 1.52. The highest BCUT2D eigenvalue weighted by Gasteiger charge is 2.34. The van der Waals surface area contributed by atoms with Crippen molar-refractivity contribution in [3.63, 3.8) is 0 Å². The molecule has 2 aromatic carbocycles. The number of nitrogens with one attached hydrogen (secondary N) is 2. The van der Waals surface area contributed by atoms with E-state index in [9.17, 15) is 14.4 Å². The Morgan fingerprint density at radius 2 is 1.58 bits per heavy atom. The van der Waals surface area contributed by atoms with E-state index in [1.807, 2.05) is 68.4 Å².